The first-order valence-corrected chi connectivity index (χ1v) is 8.02. The minimum Gasteiger partial charge on any atom is -0.497 e. The number of halogens is 1. The van der Waals surface area contributed by atoms with Gasteiger partial charge in [-0.25, -0.2) is 4.98 Å². The molecule has 0 aliphatic rings. The molecule has 1 N–H and O–H groups in total. The first-order chi connectivity index (χ1) is 10.2. The molecule has 0 radical (unpaired) electrons. The normalized spacial score (nSPS) is 9.86. The van der Waals surface area contributed by atoms with E-state index in [1.165, 1.54) is 0 Å². The largest absolute Gasteiger partial charge is 0.497 e. The van der Waals surface area contributed by atoms with Gasteiger partial charge in [-0.3, -0.25) is 0 Å². The molecule has 5 heteroatoms. The van der Waals surface area contributed by atoms with Crippen LogP contribution in [-0.4, -0.2) is 23.8 Å². The molecule has 0 bridgehead atoms. The molecule has 1 aromatic heterocycles. The van der Waals surface area contributed by atoms with Crippen LogP contribution in [0.15, 0.2) is 46.0 Å². The van der Waals surface area contributed by atoms with E-state index < -0.39 is 0 Å². The van der Waals surface area contributed by atoms with Crippen molar-refractivity contribution in [2.75, 3.05) is 13.7 Å². The Morgan fingerprint density at radius 1 is 1.38 bits per heavy atom. The number of aromatic nitrogens is 1. The van der Waals surface area contributed by atoms with E-state index in [1.54, 1.807) is 25.1 Å². The fourth-order valence-corrected chi connectivity index (χ4v) is 3.17. The Morgan fingerprint density at radius 3 is 2.95 bits per heavy atom. The highest BCUT2D eigenvalue weighted by atomic mass is 79.9. The first kappa shape index (κ1) is 15.9. The lowest BCUT2D eigenvalue weighted by atomic mass is 10.1. The summed E-state index contributed by atoms with van der Waals surface area (Å²) < 4.78 is 6.23. The van der Waals surface area contributed by atoms with Crippen molar-refractivity contribution >= 4 is 27.7 Å². The highest BCUT2D eigenvalue weighted by Crippen LogP contribution is 2.29. The molecular formula is C16H14BrNO2S. The number of rotatable bonds is 4. The molecule has 0 atom stereocenters. The summed E-state index contributed by atoms with van der Waals surface area (Å²) in [4.78, 5) is 4.34. The Kier molecular flexibility index (Phi) is 6.12. The second-order valence-electron chi connectivity index (χ2n) is 4.06. The summed E-state index contributed by atoms with van der Waals surface area (Å²) in [5, 5.41) is 9.78. The van der Waals surface area contributed by atoms with Crippen molar-refractivity contribution in [3.8, 4) is 17.6 Å². The number of ether oxygens (including phenoxy) is 1. The van der Waals surface area contributed by atoms with Crippen LogP contribution in [0.25, 0.3) is 0 Å². The van der Waals surface area contributed by atoms with E-state index in [2.05, 4.69) is 32.8 Å². The fraction of sp³-hybridized carbons (Fsp3) is 0.188. The van der Waals surface area contributed by atoms with Gasteiger partial charge in [0.2, 0.25) is 0 Å². The standard InChI is InChI=1S/C16H14BrNO2S/c1-20-14-7-6-12(4-3-9-19)13(10-14)11-21-16-15(17)5-2-8-18-16/h2,5-8,10,19H,9,11H2,1H3. The van der Waals surface area contributed by atoms with Crippen molar-refractivity contribution in [1.82, 2.24) is 4.98 Å². The molecule has 0 spiro atoms. The number of aliphatic hydroxyl groups excluding tert-OH is 1. The molecule has 0 unspecified atom stereocenters. The summed E-state index contributed by atoms with van der Waals surface area (Å²) in [6.45, 7) is -0.148. The van der Waals surface area contributed by atoms with Gasteiger partial charge in [-0.05, 0) is 51.8 Å². The highest BCUT2D eigenvalue weighted by Gasteiger charge is 2.06. The van der Waals surface area contributed by atoms with Crippen LogP contribution in [0.5, 0.6) is 5.75 Å². The molecular weight excluding hydrogens is 350 g/mol. The summed E-state index contributed by atoms with van der Waals surface area (Å²) >= 11 is 5.11. The molecule has 2 aromatic rings. The van der Waals surface area contributed by atoms with Crippen LogP contribution in [0.4, 0.5) is 0 Å². The fourth-order valence-electron chi connectivity index (χ4n) is 1.70. The molecule has 0 saturated carbocycles. The number of hydrogen-bond donors (Lipinski definition) is 1. The molecule has 3 nitrogen and oxygen atoms in total. The third-order valence-corrected chi connectivity index (χ3v) is 4.66. The zero-order chi connectivity index (χ0) is 15.1. The van der Waals surface area contributed by atoms with Crippen LogP contribution in [0.1, 0.15) is 11.1 Å². The number of benzene rings is 1. The van der Waals surface area contributed by atoms with Gasteiger partial charge in [0.1, 0.15) is 17.4 Å². The third kappa shape index (κ3) is 4.50. The van der Waals surface area contributed by atoms with Crippen molar-refractivity contribution in [1.29, 1.82) is 0 Å². The van der Waals surface area contributed by atoms with Gasteiger partial charge in [0, 0.05) is 22.0 Å². The van der Waals surface area contributed by atoms with Crippen LogP contribution in [0, 0.1) is 11.8 Å². The first-order valence-electron chi connectivity index (χ1n) is 6.24. The molecule has 0 saturated heterocycles. The van der Waals surface area contributed by atoms with Crippen LogP contribution in [0.2, 0.25) is 0 Å². The topological polar surface area (TPSA) is 42.4 Å². The predicted octanol–water partition coefficient (Wildman–Crippen LogP) is 3.49. The van der Waals surface area contributed by atoms with E-state index in [1.807, 2.05) is 30.3 Å². The summed E-state index contributed by atoms with van der Waals surface area (Å²) in [6, 6.07) is 9.59. The molecule has 0 aliphatic heterocycles. The molecule has 0 amide bonds. The average molecular weight is 364 g/mol. The van der Waals surface area contributed by atoms with E-state index in [0.717, 1.165) is 32.1 Å². The number of pyridine rings is 1. The van der Waals surface area contributed by atoms with Gasteiger partial charge in [-0.2, -0.15) is 0 Å². The summed E-state index contributed by atoms with van der Waals surface area (Å²) in [5.74, 6) is 7.16. The Balaban J connectivity index is 2.23. The maximum atomic E-state index is 8.84. The average Bonchev–Trinajstić information content (AvgIpc) is 2.52. The van der Waals surface area contributed by atoms with Crippen molar-refractivity contribution in [3.05, 3.63) is 52.1 Å². The van der Waals surface area contributed by atoms with Gasteiger partial charge in [0.05, 0.1) is 7.11 Å². The monoisotopic (exact) mass is 363 g/mol. The zero-order valence-electron chi connectivity index (χ0n) is 11.5. The number of nitrogens with zero attached hydrogens (tertiary/aromatic N) is 1. The predicted molar refractivity (Wildman–Crippen MR) is 88.5 cm³/mol. The van der Waals surface area contributed by atoms with E-state index >= 15 is 0 Å². The molecule has 1 heterocycles. The van der Waals surface area contributed by atoms with E-state index in [0.29, 0.717) is 0 Å². The van der Waals surface area contributed by atoms with Gasteiger partial charge in [-0.15, -0.1) is 11.8 Å². The maximum absolute atomic E-state index is 8.84. The van der Waals surface area contributed by atoms with Gasteiger partial charge < -0.3 is 9.84 Å². The lowest BCUT2D eigenvalue weighted by Crippen LogP contribution is -1.92. The van der Waals surface area contributed by atoms with Crippen LogP contribution >= 0.6 is 27.7 Å². The van der Waals surface area contributed by atoms with Crippen molar-refractivity contribution in [2.45, 2.75) is 10.8 Å². The van der Waals surface area contributed by atoms with Gasteiger partial charge >= 0.3 is 0 Å². The van der Waals surface area contributed by atoms with Gasteiger partial charge in [0.15, 0.2) is 0 Å². The second kappa shape index (κ2) is 8.08. The van der Waals surface area contributed by atoms with Crippen molar-refractivity contribution in [2.24, 2.45) is 0 Å². The minimum absolute atomic E-state index is 0.148. The Morgan fingerprint density at radius 2 is 2.24 bits per heavy atom. The van der Waals surface area contributed by atoms with Gasteiger partial charge in [0.25, 0.3) is 0 Å². The minimum atomic E-state index is -0.148. The molecule has 0 aliphatic carbocycles. The SMILES string of the molecule is COc1ccc(C#CCO)c(CSc2ncccc2Br)c1. The second-order valence-corrected chi connectivity index (χ2v) is 5.88. The van der Waals surface area contributed by atoms with E-state index in [4.69, 9.17) is 9.84 Å². The quantitative estimate of drug-likeness (QED) is 0.666. The van der Waals surface area contributed by atoms with Crippen LogP contribution in [-0.2, 0) is 5.75 Å². The lowest BCUT2D eigenvalue weighted by molar-refractivity contribution is 0.350. The zero-order valence-corrected chi connectivity index (χ0v) is 13.9. The van der Waals surface area contributed by atoms with Crippen molar-refractivity contribution in [3.63, 3.8) is 0 Å². The van der Waals surface area contributed by atoms with Crippen molar-refractivity contribution < 1.29 is 9.84 Å². The number of thioether (sulfide) groups is 1. The number of aliphatic hydroxyl groups is 1. The molecule has 0 fully saturated rings. The Labute approximate surface area is 136 Å². The van der Waals surface area contributed by atoms with Crippen LogP contribution in [0.3, 0.4) is 0 Å². The van der Waals surface area contributed by atoms with E-state index in [-0.39, 0.29) is 6.61 Å². The summed E-state index contributed by atoms with van der Waals surface area (Å²) in [6.07, 6.45) is 1.77. The lowest BCUT2D eigenvalue weighted by Gasteiger charge is -2.08. The summed E-state index contributed by atoms with van der Waals surface area (Å²) in [7, 11) is 1.64. The number of hydrogen-bond acceptors (Lipinski definition) is 4. The Hall–Kier alpha value is -1.48. The van der Waals surface area contributed by atoms with Gasteiger partial charge in [-0.1, -0.05) is 11.8 Å². The third-order valence-electron chi connectivity index (χ3n) is 2.70. The summed E-state index contributed by atoms with van der Waals surface area (Å²) in [5.41, 5.74) is 1.95. The number of methoxy groups -OCH3 is 1. The van der Waals surface area contributed by atoms with E-state index in [9.17, 15) is 0 Å². The molecule has 21 heavy (non-hydrogen) atoms. The molecule has 108 valence electrons. The smallest absolute Gasteiger partial charge is 0.119 e. The molecule has 1 aromatic carbocycles. The highest BCUT2D eigenvalue weighted by molar-refractivity contribution is 9.10. The Bertz CT molecular complexity index is 679. The molecule has 2 rings (SSSR count). The van der Waals surface area contributed by atoms with Crippen LogP contribution < -0.4 is 4.74 Å². The maximum Gasteiger partial charge on any atom is 0.119 e.